The molecule has 0 aromatic carbocycles. The van der Waals surface area contributed by atoms with Gasteiger partial charge in [0.15, 0.2) is 5.76 Å². The van der Waals surface area contributed by atoms with E-state index in [0.29, 0.717) is 31.9 Å². The van der Waals surface area contributed by atoms with Crippen LogP contribution in [0, 0.1) is 6.92 Å². The van der Waals surface area contributed by atoms with Crippen LogP contribution >= 0.6 is 0 Å². The number of nitrogens with zero attached hydrogens (tertiary/aromatic N) is 4. The third-order valence-corrected chi connectivity index (χ3v) is 6.22. The molecule has 0 bridgehead atoms. The van der Waals surface area contributed by atoms with E-state index >= 15 is 0 Å². The van der Waals surface area contributed by atoms with E-state index in [9.17, 15) is 9.59 Å². The summed E-state index contributed by atoms with van der Waals surface area (Å²) in [7, 11) is 0. The predicted octanol–water partition coefficient (Wildman–Crippen LogP) is 2.90. The first-order valence-corrected chi connectivity index (χ1v) is 9.99. The Hall–Kier alpha value is -2.57. The first-order chi connectivity index (χ1) is 13.3. The number of furan rings is 1. The zero-order chi connectivity index (χ0) is 20.1. The Balaban J connectivity index is 1.75. The average Bonchev–Trinajstić information content (AvgIpc) is 3.29. The summed E-state index contributed by atoms with van der Waals surface area (Å²) >= 11 is 0. The molecule has 2 aromatic heterocycles. The molecule has 2 amide bonds. The number of hydrogen-bond donors (Lipinski definition) is 0. The maximum absolute atomic E-state index is 13.1. The second-order valence-electron chi connectivity index (χ2n) is 8.34. The molecule has 1 spiro atoms. The number of fused-ring (bicyclic) bond motifs is 2. The van der Waals surface area contributed by atoms with Crippen molar-refractivity contribution in [1.82, 2.24) is 19.4 Å². The van der Waals surface area contributed by atoms with Gasteiger partial charge in [-0.3, -0.25) is 9.59 Å². The second-order valence-corrected chi connectivity index (χ2v) is 8.34. The fraction of sp³-hybridized carbons (Fsp3) is 0.571. The van der Waals surface area contributed by atoms with Crippen LogP contribution in [0.4, 0.5) is 0 Å². The fourth-order valence-corrected chi connectivity index (χ4v) is 4.87. The van der Waals surface area contributed by atoms with E-state index in [-0.39, 0.29) is 23.3 Å². The van der Waals surface area contributed by atoms with E-state index < -0.39 is 0 Å². The second kappa shape index (κ2) is 6.79. The van der Waals surface area contributed by atoms with Gasteiger partial charge >= 0.3 is 0 Å². The van der Waals surface area contributed by atoms with Crippen molar-refractivity contribution < 1.29 is 14.0 Å². The highest BCUT2D eigenvalue weighted by Crippen LogP contribution is 2.42. The van der Waals surface area contributed by atoms with Crippen LogP contribution in [0.1, 0.15) is 67.4 Å². The largest absolute Gasteiger partial charge is 0.459 e. The first-order valence-electron chi connectivity index (χ1n) is 9.99. The fourth-order valence-electron chi connectivity index (χ4n) is 4.87. The van der Waals surface area contributed by atoms with E-state index in [1.807, 2.05) is 16.7 Å². The first kappa shape index (κ1) is 18.8. The maximum atomic E-state index is 13.1. The van der Waals surface area contributed by atoms with E-state index in [0.717, 1.165) is 30.1 Å². The van der Waals surface area contributed by atoms with Gasteiger partial charge in [-0.2, -0.15) is 0 Å². The van der Waals surface area contributed by atoms with Crippen LogP contribution in [-0.2, 0) is 16.8 Å². The van der Waals surface area contributed by atoms with E-state index in [4.69, 9.17) is 9.40 Å². The molecule has 1 saturated heterocycles. The van der Waals surface area contributed by atoms with E-state index in [1.54, 1.807) is 19.1 Å². The van der Waals surface area contributed by atoms with Gasteiger partial charge in [0.1, 0.15) is 5.82 Å². The number of aryl methyl sites for hydroxylation is 1. The number of imidazole rings is 1. The Kier molecular flexibility index (Phi) is 4.56. The van der Waals surface area contributed by atoms with Crippen LogP contribution in [0.25, 0.3) is 0 Å². The van der Waals surface area contributed by atoms with Gasteiger partial charge in [-0.05, 0) is 45.7 Å². The number of carbonyl (C=O) groups excluding carboxylic acids is 2. The lowest BCUT2D eigenvalue weighted by atomic mass is 9.72. The standard InChI is InChI=1S/C21H28N4O3/c1-14(2)25-15(3)22-19-17(25)12-24(20(27)18-6-5-11-28-18)13-21(19)7-9-23(10-8-21)16(4)26/h5-6,11,14H,7-10,12-13H2,1-4H3. The number of amides is 2. The summed E-state index contributed by atoms with van der Waals surface area (Å²) in [5, 5.41) is 0. The van der Waals surface area contributed by atoms with Gasteiger partial charge in [-0.1, -0.05) is 0 Å². The SMILES string of the molecule is CC(=O)N1CCC2(CC1)CN(C(=O)c1ccco1)Cc1c2nc(C)n1C(C)C. The number of piperidine rings is 1. The van der Waals surface area contributed by atoms with Gasteiger partial charge in [-0.15, -0.1) is 0 Å². The molecule has 4 heterocycles. The van der Waals surface area contributed by atoms with Crippen molar-refractivity contribution in [3.63, 3.8) is 0 Å². The van der Waals surface area contributed by atoms with Crippen molar-refractivity contribution in [2.24, 2.45) is 0 Å². The van der Waals surface area contributed by atoms with Crippen molar-refractivity contribution >= 4 is 11.8 Å². The van der Waals surface area contributed by atoms with Crippen molar-refractivity contribution in [2.45, 2.75) is 58.5 Å². The molecule has 4 rings (SSSR count). The highest BCUT2D eigenvalue weighted by atomic mass is 16.3. The van der Waals surface area contributed by atoms with Crippen LogP contribution in [0.15, 0.2) is 22.8 Å². The van der Waals surface area contributed by atoms with Crippen LogP contribution in [0.3, 0.4) is 0 Å². The van der Waals surface area contributed by atoms with Gasteiger partial charge in [0.2, 0.25) is 5.91 Å². The number of likely N-dealkylation sites (tertiary alicyclic amines) is 1. The van der Waals surface area contributed by atoms with Crippen LogP contribution in [-0.4, -0.2) is 50.8 Å². The molecule has 0 saturated carbocycles. The Morgan fingerprint density at radius 3 is 2.50 bits per heavy atom. The van der Waals surface area contributed by atoms with E-state index in [1.165, 1.54) is 6.26 Å². The minimum absolute atomic E-state index is 0.0850. The smallest absolute Gasteiger partial charge is 0.289 e. The van der Waals surface area contributed by atoms with Gasteiger partial charge in [0.05, 0.1) is 24.2 Å². The zero-order valence-corrected chi connectivity index (χ0v) is 17.1. The lowest BCUT2D eigenvalue weighted by Crippen LogP contribution is -2.54. The summed E-state index contributed by atoms with van der Waals surface area (Å²) in [6, 6.07) is 3.73. The average molecular weight is 384 g/mol. The molecule has 7 nitrogen and oxygen atoms in total. The van der Waals surface area contributed by atoms with Crippen LogP contribution in [0.2, 0.25) is 0 Å². The molecule has 1 fully saturated rings. The lowest BCUT2D eigenvalue weighted by molar-refractivity contribution is -0.130. The summed E-state index contributed by atoms with van der Waals surface area (Å²) in [4.78, 5) is 33.7. The molecule has 0 aliphatic carbocycles. The maximum Gasteiger partial charge on any atom is 0.289 e. The van der Waals surface area contributed by atoms with E-state index in [2.05, 4.69) is 18.4 Å². The Labute approximate surface area is 165 Å². The molecule has 0 unspecified atom stereocenters. The Bertz CT molecular complexity index is 889. The molecule has 2 aliphatic heterocycles. The highest BCUT2D eigenvalue weighted by Gasteiger charge is 2.47. The molecule has 150 valence electrons. The number of hydrogen-bond acceptors (Lipinski definition) is 4. The minimum atomic E-state index is -0.216. The molecular formula is C21H28N4O3. The van der Waals surface area contributed by atoms with Gasteiger partial charge in [0.25, 0.3) is 5.91 Å². The van der Waals surface area contributed by atoms with Crippen LogP contribution < -0.4 is 0 Å². The highest BCUT2D eigenvalue weighted by molar-refractivity contribution is 5.91. The molecule has 0 radical (unpaired) electrons. The molecular weight excluding hydrogens is 356 g/mol. The summed E-state index contributed by atoms with van der Waals surface area (Å²) in [6.45, 7) is 10.5. The number of rotatable bonds is 2. The molecule has 7 heteroatoms. The van der Waals surface area contributed by atoms with Crippen molar-refractivity contribution in [3.05, 3.63) is 41.4 Å². The molecule has 0 atom stereocenters. The third-order valence-electron chi connectivity index (χ3n) is 6.22. The summed E-state index contributed by atoms with van der Waals surface area (Å²) in [5.74, 6) is 1.38. The molecule has 2 aliphatic rings. The monoisotopic (exact) mass is 384 g/mol. The Morgan fingerprint density at radius 1 is 1.21 bits per heavy atom. The number of carbonyl (C=O) groups is 2. The lowest BCUT2D eigenvalue weighted by Gasteiger charge is -2.46. The normalized spacial score (nSPS) is 18.6. The third kappa shape index (κ3) is 2.93. The van der Waals surface area contributed by atoms with Crippen molar-refractivity contribution in [1.29, 1.82) is 0 Å². The minimum Gasteiger partial charge on any atom is -0.459 e. The summed E-state index contributed by atoms with van der Waals surface area (Å²) < 4.78 is 7.62. The number of aromatic nitrogens is 2. The summed E-state index contributed by atoms with van der Waals surface area (Å²) in [5.41, 5.74) is 2.02. The zero-order valence-electron chi connectivity index (χ0n) is 17.1. The quantitative estimate of drug-likeness (QED) is 0.798. The molecule has 28 heavy (non-hydrogen) atoms. The van der Waals surface area contributed by atoms with Crippen LogP contribution in [0.5, 0.6) is 0 Å². The topological polar surface area (TPSA) is 71.6 Å². The van der Waals surface area contributed by atoms with Crippen molar-refractivity contribution in [2.75, 3.05) is 19.6 Å². The predicted molar refractivity (Wildman–Crippen MR) is 104 cm³/mol. The van der Waals surface area contributed by atoms with Gasteiger partial charge in [-0.25, -0.2) is 4.98 Å². The van der Waals surface area contributed by atoms with Gasteiger partial charge in [0, 0.05) is 38.0 Å². The van der Waals surface area contributed by atoms with Gasteiger partial charge < -0.3 is 18.8 Å². The molecule has 0 N–H and O–H groups in total. The van der Waals surface area contributed by atoms with Crippen molar-refractivity contribution in [3.8, 4) is 0 Å². The molecule has 2 aromatic rings. The summed E-state index contributed by atoms with van der Waals surface area (Å²) in [6.07, 6.45) is 3.17. The Morgan fingerprint density at radius 2 is 1.93 bits per heavy atom.